The van der Waals surface area contributed by atoms with E-state index in [4.69, 9.17) is 4.74 Å². The summed E-state index contributed by atoms with van der Waals surface area (Å²) in [4.78, 5) is 0. The molecule has 0 heterocycles. The third-order valence-corrected chi connectivity index (χ3v) is 0.642. The Hall–Kier alpha value is -0.720. The minimum Gasteiger partial charge on any atom is -0.497 e. The summed E-state index contributed by atoms with van der Waals surface area (Å²) in [5.74, 6) is 0. The molecule has 0 radical (unpaired) electrons. The van der Waals surface area contributed by atoms with E-state index in [1.54, 1.807) is 12.3 Å². The summed E-state index contributed by atoms with van der Waals surface area (Å²) >= 11 is 0. The van der Waals surface area contributed by atoms with Crippen LogP contribution in [-0.4, -0.2) is 6.61 Å². The van der Waals surface area contributed by atoms with Crippen molar-refractivity contribution in [3.63, 3.8) is 0 Å². The lowest BCUT2D eigenvalue weighted by molar-refractivity contribution is 0.289. The number of rotatable bonds is 4. The summed E-state index contributed by atoms with van der Waals surface area (Å²) in [5.41, 5.74) is 0. The lowest BCUT2D eigenvalue weighted by Gasteiger charge is -1.89. The van der Waals surface area contributed by atoms with Crippen LogP contribution in [0.2, 0.25) is 0 Å². The van der Waals surface area contributed by atoms with Gasteiger partial charge in [-0.15, -0.1) is 0 Å². The molecule has 46 valence electrons. The summed E-state index contributed by atoms with van der Waals surface area (Å²) in [7, 11) is 0. The van der Waals surface area contributed by atoms with E-state index in [0.717, 1.165) is 6.42 Å². The van der Waals surface area contributed by atoms with Gasteiger partial charge in [-0.2, -0.15) is 0 Å². The van der Waals surface area contributed by atoms with E-state index in [1.165, 1.54) is 0 Å². The third-order valence-electron chi connectivity index (χ3n) is 0.642. The number of hydrogen-bond acceptors (Lipinski definition) is 1. The summed E-state index contributed by atoms with van der Waals surface area (Å²) in [6.07, 6.45) is 6.41. The molecule has 1 heteroatoms. The number of ether oxygens (including phenoxy) is 1. The molecule has 0 fully saturated rings. The normalized spacial score (nSPS) is 9.62. The Labute approximate surface area is 50.7 Å². The van der Waals surface area contributed by atoms with Crippen molar-refractivity contribution in [1.82, 2.24) is 0 Å². The molecule has 0 amide bonds. The maximum atomic E-state index is 4.92. The van der Waals surface area contributed by atoms with Crippen LogP contribution < -0.4 is 0 Å². The summed E-state index contributed by atoms with van der Waals surface area (Å²) in [6, 6.07) is 0. The van der Waals surface area contributed by atoms with E-state index in [2.05, 4.69) is 13.5 Å². The third kappa shape index (κ3) is 5.28. The monoisotopic (exact) mass is 112 g/mol. The topological polar surface area (TPSA) is 9.23 Å². The second-order valence-electron chi connectivity index (χ2n) is 1.40. The average molecular weight is 112 g/mol. The van der Waals surface area contributed by atoms with Gasteiger partial charge in [-0.05, 0) is 6.42 Å². The highest BCUT2D eigenvalue weighted by molar-refractivity contribution is 4.73. The molecule has 0 aromatic heterocycles. The van der Waals surface area contributed by atoms with E-state index in [9.17, 15) is 0 Å². The zero-order valence-electron chi connectivity index (χ0n) is 5.26. The molecule has 0 aliphatic heterocycles. The molecule has 0 N–H and O–H groups in total. The van der Waals surface area contributed by atoms with Gasteiger partial charge in [-0.3, -0.25) is 0 Å². The molecular formula is C7H12O. The molecule has 0 spiro atoms. The van der Waals surface area contributed by atoms with E-state index in [1.807, 2.05) is 6.08 Å². The fourth-order valence-corrected chi connectivity index (χ4v) is 0.288. The molecule has 0 unspecified atom stereocenters. The van der Waals surface area contributed by atoms with Crippen LogP contribution in [0, 0.1) is 0 Å². The van der Waals surface area contributed by atoms with Gasteiger partial charge in [0.05, 0.1) is 6.26 Å². The average Bonchev–Trinajstić information content (AvgIpc) is 1.81. The first-order chi connectivity index (χ1) is 3.91. The summed E-state index contributed by atoms with van der Waals surface area (Å²) in [6.45, 7) is 6.17. The fourth-order valence-electron chi connectivity index (χ4n) is 0.288. The van der Waals surface area contributed by atoms with Crippen LogP contribution in [-0.2, 0) is 4.74 Å². The van der Waals surface area contributed by atoms with E-state index < -0.39 is 0 Å². The quantitative estimate of drug-likeness (QED) is 0.307. The summed E-state index contributed by atoms with van der Waals surface area (Å²) in [5, 5.41) is 0. The SMILES string of the molecule is C=CCO/C=C\CC. The number of allylic oxidation sites excluding steroid dienone is 1. The summed E-state index contributed by atoms with van der Waals surface area (Å²) < 4.78 is 4.92. The fraction of sp³-hybridized carbons (Fsp3) is 0.429. The molecule has 0 atom stereocenters. The first kappa shape index (κ1) is 7.28. The van der Waals surface area contributed by atoms with Gasteiger partial charge >= 0.3 is 0 Å². The van der Waals surface area contributed by atoms with Crippen molar-refractivity contribution in [3.8, 4) is 0 Å². The highest BCUT2D eigenvalue weighted by atomic mass is 16.5. The second-order valence-corrected chi connectivity index (χ2v) is 1.40. The van der Waals surface area contributed by atoms with Gasteiger partial charge in [0.1, 0.15) is 6.61 Å². The molecule has 1 nitrogen and oxygen atoms in total. The predicted molar refractivity (Wildman–Crippen MR) is 35.6 cm³/mol. The van der Waals surface area contributed by atoms with Crippen molar-refractivity contribution >= 4 is 0 Å². The molecule has 0 saturated heterocycles. The zero-order chi connectivity index (χ0) is 6.24. The smallest absolute Gasteiger partial charge is 0.105 e. The van der Waals surface area contributed by atoms with Gasteiger partial charge in [-0.25, -0.2) is 0 Å². The Bertz CT molecular complexity index is 74.5. The number of hydrogen-bond donors (Lipinski definition) is 0. The molecular weight excluding hydrogens is 100 g/mol. The van der Waals surface area contributed by atoms with E-state index >= 15 is 0 Å². The minimum absolute atomic E-state index is 0.608. The molecule has 0 aromatic carbocycles. The van der Waals surface area contributed by atoms with Crippen LogP contribution in [0.15, 0.2) is 25.0 Å². The van der Waals surface area contributed by atoms with Crippen molar-refractivity contribution in [3.05, 3.63) is 25.0 Å². The standard InChI is InChI=1S/C7H12O/c1-3-5-7-8-6-4-2/h4-5,7H,2-3,6H2,1H3/b7-5-. The maximum Gasteiger partial charge on any atom is 0.105 e. The van der Waals surface area contributed by atoms with Gasteiger partial charge in [0.25, 0.3) is 0 Å². The van der Waals surface area contributed by atoms with Crippen LogP contribution >= 0.6 is 0 Å². The minimum atomic E-state index is 0.608. The van der Waals surface area contributed by atoms with E-state index in [0.29, 0.717) is 6.61 Å². The molecule has 0 saturated carbocycles. The lowest BCUT2D eigenvalue weighted by Crippen LogP contribution is -1.77. The van der Waals surface area contributed by atoms with Crippen molar-refractivity contribution in [1.29, 1.82) is 0 Å². The van der Waals surface area contributed by atoms with Crippen LogP contribution in [0.25, 0.3) is 0 Å². The molecule has 0 aliphatic rings. The molecule has 0 rings (SSSR count). The molecule has 0 bridgehead atoms. The van der Waals surface area contributed by atoms with Gasteiger partial charge in [-0.1, -0.05) is 25.7 Å². The van der Waals surface area contributed by atoms with Crippen molar-refractivity contribution in [2.24, 2.45) is 0 Å². The van der Waals surface area contributed by atoms with Gasteiger partial charge in [0, 0.05) is 0 Å². The van der Waals surface area contributed by atoms with Crippen molar-refractivity contribution < 1.29 is 4.74 Å². The van der Waals surface area contributed by atoms with Crippen LogP contribution in [0.4, 0.5) is 0 Å². The Morgan fingerprint density at radius 2 is 2.38 bits per heavy atom. The zero-order valence-corrected chi connectivity index (χ0v) is 5.26. The Balaban J connectivity index is 2.90. The van der Waals surface area contributed by atoms with Crippen LogP contribution in [0.5, 0.6) is 0 Å². The van der Waals surface area contributed by atoms with Crippen LogP contribution in [0.3, 0.4) is 0 Å². The largest absolute Gasteiger partial charge is 0.497 e. The van der Waals surface area contributed by atoms with Crippen molar-refractivity contribution in [2.45, 2.75) is 13.3 Å². The Morgan fingerprint density at radius 1 is 1.62 bits per heavy atom. The predicted octanol–water partition coefficient (Wildman–Crippen LogP) is 2.11. The maximum absolute atomic E-state index is 4.92. The lowest BCUT2D eigenvalue weighted by atomic mass is 10.5. The molecule has 0 aliphatic carbocycles. The highest BCUT2D eigenvalue weighted by Gasteiger charge is 1.67. The Kier molecular flexibility index (Phi) is 5.71. The van der Waals surface area contributed by atoms with Gasteiger partial charge in [0.2, 0.25) is 0 Å². The van der Waals surface area contributed by atoms with Gasteiger partial charge in [0.15, 0.2) is 0 Å². The second kappa shape index (κ2) is 6.28. The first-order valence-electron chi connectivity index (χ1n) is 2.79. The molecule has 0 aromatic rings. The highest BCUT2D eigenvalue weighted by Crippen LogP contribution is 1.81. The van der Waals surface area contributed by atoms with E-state index in [-0.39, 0.29) is 0 Å². The molecule has 8 heavy (non-hydrogen) atoms. The van der Waals surface area contributed by atoms with Crippen molar-refractivity contribution in [2.75, 3.05) is 6.61 Å². The Morgan fingerprint density at radius 3 is 2.88 bits per heavy atom. The van der Waals surface area contributed by atoms with Crippen LogP contribution in [0.1, 0.15) is 13.3 Å². The van der Waals surface area contributed by atoms with Gasteiger partial charge < -0.3 is 4.74 Å². The first-order valence-corrected chi connectivity index (χ1v) is 2.79.